The number of nitrogens with two attached hydrogens (primary N) is 3. The van der Waals surface area contributed by atoms with E-state index < -0.39 is 5.91 Å². The first kappa shape index (κ1) is 22.0. The van der Waals surface area contributed by atoms with Crippen LogP contribution < -0.4 is 27.3 Å². The summed E-state index contributed by atoms with van der Waals surface area (Å²) >= 11 is 5.80. The number of hydrogen-bond donors (Lipinski definition) is 4. The van der Waals surface area contributed by atoms with E-state index in [4.69, 9.17) is 38.3 Å². The molecule has 1 amide bonds. The number of rotatable bonds is 7. The summed E-state index contributed by atoms with van der Waals surface area (Å²) in [6.07, 6.45) is 9.36. The van der Waals surface area contributed by atoms with Gasteiger partial charge >= 0.3 is 0 Å². The number of hydrogen-bond acceptors (Lipinski definition) is 7. The van der Waals surface area contributed by atoms with E-state index in [9.17, 15) is 4.79 Å². The molecule has 170 valence electrons. The number of allylic oxidation sites excluding steroid dienone is 1. The van der Waals surface area contributed by atoms with Crippen molar-refractivity contribution < 1.29 is 14.3 Å². The van der Waals surface area contributed by atoms with Gasteiger partial charge in [0, 0.05) is 23.9 Å². The fourth-order valence-corrected chi connectivity index (χ4v) is 4.18. The van der Waals surface area contributed by atoms with Gasteiger partial charge in [-0.15, -0.1) is 0 Å². The largest absolute Gasteiger partial charge is 0.494 e. The lowest BCUT2D eigenvalue weighted by Gasteiger charge is -2.29. The van der Waals surface area contributed by atoms with Crippen molar-refractivity contribution in [3.63, 3.8) is 0 Å². The molecule has 1 aliphatic heterocycles. The maximum atomic E-state index is 11.6. The number of ether oxygens (including phenoxy) is 2. The summed E-state index contributed by atoms with van der Waals surface area (Å²) in [5.74, 6) is -0.253. The van der Waals surface area contributed by atoms with Crippen molar-refractivity contribution in [2.75, 3.05) is 19.0 Å². The molecule has 32 heavy (non-hydrogen) atoms. The SMILES string of the molecule is COc1c(NC(/C=C(\N)Cl)=C(/N)C(N)=O)cccc1-c1cnn(C2CCOC3(CC3)C2)c1. The van der Waals surface area contributed by atoms with Gasteiger partial charge in [-0.2, -0.15) is 5.10 Å². The summed E-state index contributed by atoms with van der Waals surface area (Å²) in [6.45, 7) is 0.760. The molecular formula is C22H27ClN6O3. The zero-order valence-corrected chi connectivity index (χ0v) is 18.6. The van der Waals surface area contributed by atoms with E-state index >= 15 is 0 Å². The molecule has 10 heteroatoms. The molecule has 1 aromatic carbocycles. The van der Waals surface area contributed by atoms with Crippen LogP contribution in [0.5, 0.6) is 5.75 Å². The quantitative estimate of drug-likeness (QED) is 0.283. The third-order valence-electron chi connectivity index (χ3n) is 5.89. The number of amides is 1. The van der Waals surface area contributed by atoms with Gasteiger partial charge in [-0.05, 0) is 37.8 Å². The molecule has 1 aromatic heterocycles. The highest BCUT2D eigenvalue weighted by Crippen LogP contribution is 2.49. The fraction of sp³-hybridized carbons (Fsp3) is 0.364. The molecule has 1 saturated heterocycles. The molecule has 4 rings (SSSR count). The summed E-state index contributed by atoms with van der Waals surface area (Å²) in [5.41, 5.74) is 19.1. The molecule has 1 aliphatic carbocycles. The number of para-hydroxylation sites is 1. The van der Waals surface area contributed by atoms with Gasteiger partial charge in [0.1, 0.15) is 16.6 Å². The predicted molar refractivity (Wildman–Crippen MR) is 123 cm³/mol. The van der Waals surface area contributed by atoms with Gasteiger partial charge < -0.3 is 32.0 Å². The molecule has 1 saturated carbocycles. The van der Waals surface area contributed by atoms with Crippen molar-refractivity contribution in [2.24, 2.45) is 17.2 Å². The highest BCUT2D eigenvalue weighted by Gasteiger charge is 2.48. The second-order valence-electron chi connectivity index (χ2n) is 8.12. The molecule has 1 unspecified atom stereocenters. The molecular weight excluding hydrogens is 432 g/mol. The smallest absolute Gasteiger partial charge is 0.266 e. The van der Waals surface area contributed by atoms with E-state index in [0.717, 1.165) is 43.4 Å². The standard InChI is InChI=1S/C22H27ClN6O3/c1-31-20-15(3-2-4-16(20)28-17(9-18(23)24)19(25)21(26)30)13-11-27-29(12-13)14-5-8-32-22(10-14)6-7-22/h2-4,9,11-12,14,28H,5-8,10,24-25H2,1H3,(H2,26,30)/b18-9-,19-17+. The number of carbonyl (C=O) groups is 1. The zero-order chi connectivity index (χ0) is 22.9. The number of carbonyl (C=O) groups excluding carboxylic acids is 1. The summed E-state index contributed by atoms with van der Waals surface area (Å²) in [4.78, 5) is 11.6. The van der Waals surface area contributed by atoms with Gasteiger partial charge in [-0.3, -0.25) is 9.48 Å². The third-order valence-corrected chi connectivity index (χ3v) is 6.00. The third kappa shape index (κ3) is 4.53. The van der Waals surface area contributed by atoms with Crippen LogP contribution in [0.1, 0.15) is 31.7 Å². The predicted octanol–water partition coefficient (Wildman–Crippen LogP) is 2.55. The highest BCUT2D eigenvalue weighted by atomic mass is 35.5. The number of methoxy groups -OCH3 is 1. The van der Waals surface area contributed by atoms with Crippen LogP contribution in [0.3, 0.4) is 0 Å². The summed E-state index contributed by atoms with van der Waals surface area (Å²) in [5, 5.41) is 7.61. The topological polar surface area (TPSA) is 143 Å². The van der Waals surface area contributed by atoms with Crippen LogP contribution in [0.25, 0.3) is 11.1 Å². The molecule has 1 atom stereocenters. The number of anilines is 1. The Morgan fingerprint density at radius 1 is 1.38 bits per heavy atom. The zero-order valence-electron chi connectivity index (χ0n) is 17.8. The second kappa shape index (κ2) is 8.76. The molecule has 2 fully saturated rings. The van der Waals surface area contributed by atoms with Crippen LogP contribution >= 0.6 is 11.6 Å². The molecule has 1 spiro atoms. The Balaban J connectivity index is 1.65. The van der Waals surface area contributed by atoms with E-state index in [0.29, 0.717) is 17.5 Å². The number of nitrogens with zero attached hydrogens (tertiary/aromatic N) is 2. The Kier molecular flexibility index (Phi) is 6.03. The minimum absolute atomic E-state index is 0.0574. The van der Waals surface area contributed by atoms with Crippen LogP contribution in [0, 0.1) is 0 Å². The monoisotopic (exact) mass is 458 g/mol. The van der Waals surface area contributed by atoms with Crippen molar-refractivity contribution in [1.82, 2.24) is 9.78 Å². The maximum Gasteiger partial charge on any atom is 0.266 e. The van der Waals surface area contributed by atoms with E-state index in [-0.39, 0.29) is 22.2 Å². The number of nitrogens with one attached hydrogen (secondary N) is 1. The Bertz CT molecular complexity index is 1090. The van der Waals surface area contributed by atoms with Gasteiger partial charge in [-0.1, -0.05) is 23.7 Å². The Morgan fingerprint density at radius 3 is 2.81 bits per heavy atom. The molecule has 0 bridgehead atoms. The van der Waals surface area contributed by atoms with Gasteiger partial charge in [0.05, 0.1) is 36.3 Å². The lowest BCUT2D eigenvalue weighted by molar-refractivity contribution is -0.114. The average molecular weight is 459 g/mol. The van der Waals surface area contributed by atoms with E-state index in [1.165, 1.54) is 6.08 Å². The Hall–Kier alpha value is -3.17. The second-order valence-corrected chi connectivity index (χ2v) is 8.56. The molecule has 9 nitrogen and oxygen atoms in total. The normalized spacial score (nSPS) is 20.6. The summed E-state index contributed by atoms with van der Waals surface area (Å²) < 4.78 is 13.6. The van der Waals surface area contributed by atoms with E-state index in [2.05, 4.69) is 10.4 Å². The first-order valence-electron chi connectivity index (χ1n) is 10.4. The molecule has 2 heterocycles. The summed E-state index contributed by atoms with van der Waals surface area (Å²) in [7, 11) is 1.57. The highest BCUT2D eigenvalue weighted by molar-refractivity contribution is 6.29. The van der Waals surface area contributed by atoms with Crippen LogP contribution in [0.4, 0.5) is 5.69 Å². The number of benzene rings is 1. The van der Waals surface area contributed by atoms with Crippen molar-refractivity contribution in [2.45, 2.75) is 37.3 Å². The van der Waals surface area contributed by atoms with Gasteiger partial charge in [0.2, 0.25) is 0 Å². The van der Waals surface area contributed by atoms with Crippen molar-refractivity contribution in [1.29, 1.82) is 0 Å². The van der Waals surface area contributed by atoms with Crippen LogP contribution in [0.15, 0.2) is 53.2 Å². The van der Waals surface area contributed by atoms with Gasteiger partial charge in [0.15, 0.2) is 0 Å². The Morgan fingerprint density at radius 2 is 2.16 bits per heavy atom. The number of primary amides is 1. The molecule has 2 aliphatic rings. The first-order valence-corrected chi connectivity index (χ1v) is 10.7. The summed E-state index contributed by atoms with van der Waals surface area (Å²) in [6, 6.07) is 5.89. The minimum atomic E-state index is -0.803. The van der Waals surface area contributed by atoms with Crippen molar-refractivity contribution >= 4 is 23.2 Å². The minimum Gasteiger partial charge on any atom is -0.494 e. The van der Waals surface area contributed by atoms with Crippen LogP contribution in [-0.4, -0.2) is 35.0 Å². The molecule has 7 N–H and O–H groups in total. The van der Waals surface area contributed by atoms with E-state index in [1.807, 2.05) is 29.2 Å². The molecule has 2 aromatic rings. The van der Waals surface area contributed by atoms with Crippen molar-refractivity contribution in [3.8, 4) is 16.9 Å². The van der Waals surface area contributed by atoms with Gasteiger partial charge in [0.25, 0.3) is 5.91 Å². The maximum absolute atomic E-state index is 11.6. The fourth-order valence-electron chi connectivity index (χ4n) is 4.07. The Labute approximate surface area is 191 Å². The lowest BCUT2D eigenvalue weighted by atomic mass is 10.0. The molecule has 0 radical (unpaired) electrons. The van der Waals surface area contributed by atoms with Crippen LogP contribution in [0.2, 0.25) is 0 Å². The van der Waals surface area contributed by atoms with Crippen LogP contribution in [-0.2, 0) is 9.53 Å². The van der Waals surface area contributed by atoms with Gasteiger partial charge in [-0.25, -0.2) is 0 Å². The van der Waals surface area contributed by atoms with E-state index in [1.54, 1.807) is 13.2 Å². The first-order chi connectivity index (χ1) is 15.3. The average Bonchev–Trinajstić information content (AvgIpc) is 3.32. The number of halogens is 1. The van der Waals surface area contributed by atoms with Crippen molar-refractivity contribution in [3.05, 3.63) is 53.2 Å². The lowest BCUT2D eigenvalue weighted by Crippen LogP contribution is -2.29. The number of aromatic nitrogens is 2.